The standard InChI is InChI=1S/C13H16F4N3O5P/c1-5(2)24-26-22-4-13(11(16)17)8(25-26)7(15)10(23-13)20-3-6(14)9(18)19-12(20)21/h3,5,7-8,10-11H,4H2,1-2H3,(H2,18,19,21)/t7-,8-,10+,13+,26?/m0/s1. The predicted octanol–water partition coefficient (Wildman–Crippen LogP) is 1.90. The van der Waals surface area contributed by atoms with Gasteiger partial charge in [0.2, 0.25) is 0 Å². The van der Waals surface area contributed by atoms with Crippen LogP contribution in [-0.2, 0) is 18.3 Å². The molecule has 2 aliphatic heterocycles. The predicted molar refractivity (Wildman–Crippen MR) is 80.6 cm³/mol. The Morgan fingerprint density at radius 3 is 2.81 bits per heavy atom. The van der Waals surface area contributed by atoms with Gasteiger partial charge in [-0.15, -0.1) is 0 Å². The van der Waals surface area contributed by atoms with E-state index in [2.05, 4.69) is 4.98 Å². The van der Waals surface area contributed by atoms with Gasteiger partial charge < -0.3 is 24.0 Å². The molecule has 1 aromatic heterocycles. The van der Waals surface area contributed by atoms with Gasteiger partial charge in [-0.2, -0.15) is 4.98 Å². The summed E-state index contributed by atoms with van der Waals surface area (Å²) in [6, 6.07) is 0. The van der Waals surface area contributed by atoms with E-state index in [1.807, 2.05) is 0 Å². The molecule has 0 aromatic carbocycles. The summed E-state index contributed by atoms with van der Waals surface area (Å²) in [7, 11) is -2.08. The van der Waals surface area contributed by atoms with Gasteiger partial charge in [-0.05, 0) is 13.8 Å². The molecule has 0 radical (unpaired) electrons. The molecule has 3 heterocycles. The summed E-state index contributed by atoms with van der Waals surface area (Å²) in [5.74, 6) is -1.82. The van der Waals surface area contributed by atoms with Gasteiger partial charge in [0.25, 0.3) is 6.43 Å². The van der Waals surface area contributed by atoms with Gasteiger partial charge in [0.15, 0.2) is 29.6 Å². The molecule has 3 rings (SSSR count). The SMILES string of the molecule is CC(C)OP1OC[C@@]2(C(F)F)O[C@@H](n3cc(F)c(N)nc3=O)[C@@H](F)[C@@H]2O1. The molecule has 8 nitrogen and oxygen atoms in total. The molecule has 13 heteroatoms. The highest BCUT2D eigenvalue weighted by Gasteiger charge is 2.66. The van der Waals surface area contributed by atoms with Gasteiger partial charge in [0, 0.05) is 0 Å². The highest BCUT2D eigenvalue weighted by molar-refractivity contribution is 7.41. The minimum absolute atomic E-state index is 0.352. The van der Waals surface area contributed by atoms with E-state index < -0.39 is 63.1 Å². The van der Waals surface area contributed by atoms with Crippen molar-refractivity contribution in [1.29, 1.82) is 0 Å². The second-order valence-electron chi connectivity index (χ2n) is 6.05. The van der Waals surface area contributed by atoms with Crippen LogP contribution in [0, 0.1) is 5.82 Å². The number of anilines is 1. The molecular weight excluding hydrogens is 385 g/mol. The Kier molecular flexibility index (Phi) is 5.24. The van der Waals surface area contributed by atoms with E-state index in [9.17, 15) is 22.4 Å². The first-order chi connectivity index (χ1) is 12.2. The Labute approximate surface area is 146 Å². The number of nitrogens with two attached hydrogens (primary N) is 1. The maximum atomic E-state index is 14.9. The van der Waals surface area contributed by atoms with Crippen LogP contribution in [0.5, 0.6) is 0 Å². The van der Waals surface area contributed by atoms with Gasteiger partial charge in [0.05, 0.1) is 18.9 Å². The molecule has 1 aromatic rings. The Morgan fingerprint density at radius 2 is 2.19 bits per heavy atom. The first-order valence-corrected chi connectivity index (χ1v) is 8.66. The number of alkyl halides is 3. The summed E-state index contributed by atoms with van der Waals surface area (Å²) in [5.41, 5.74) is 1.54. The fraction of sp³-hybridized carbons (Fsp3) is 0.692. The zero-order chi connectivity index (χ0) is 19.2. The van der Waals surface area contributed by atoms with Crippen LogP contribution in [0.1, 0.15) is 20.1 Å². The summed E-state index contributed by atoms with van der Waals surface area (Å²) < 4.78 is 77.1. The molecule has 2 aliphatic rings. The van der Waals surface area contributed by atoms with Crippen molar-refractivity contribution in [3.05, 3.63) is 22.5 Å². The number of hydrogen-bond acceptors (Lipinski definition) is 7. The molecular formula is C13H16F4N3O5P. The third kappa shape index (κ3) is 3.20. The van der Waals surface area contributed by atoms with Crippen LogP contribution >= 0.6 is 8.60 Å². The molecule has 0 bridgehead atoms. The minimum Gasteiger partial charge on any atom is -0.381 e. The number of halogens is 4. The quantitative estimate of drug-likeness (QED) is 0.608. The molecule has 0 spiro atoms. The van der Waals surface area contributed by atoms with Crippen LogP contribution in [0.15, 0.2) is 11.0 Å². The summed E-state index contributed by atoms with van der Waals surface area (Å²) >= 11 is 0. The second-order valence-corrected chi connectivity index (χ2v) is 7.18. The number of aromatic nitrogens is 2. The molecule has 2 fully saturated rings. The Hall–Kier alpha value is -1.33. The Balaban J connectivity index is 1.95. The zero-order valence-electron chi connectivity index (χ0n) is 13.6. The lowest BCUT2D eigenvalue weighted by atomic mass is 9.97. The van der Waals surface area contributed by atoms with Gasteiger partial charge in [-0.25, -0.2) is 22.4 Å². The van der Waals surface area contributed by atoms with Crippen molar-refractivity contribution < 1.29 is 35.9 Å². The van der Waals surface area contributed by atoms with Gasteiger partial charge in [-0.3, -0.25) is 4.57 Å². The van der Waals surface area contributed by atoms with E-state index in [-0.39, 0.29) is 6.10 Å². The molecule has 1 unspecified atom stereocenters. The van der Waals surface area contributed by atoms with Crippen LogP contribution in [-0.4, -0.2) is 46.6 Å². The number of fused-ring (bicyclic) bond motifs is 1. The largest absolute Gasteiger partial charge is 0.381 e. The third-order valence-corrected chi connectivity index (χ3v) is 5.19. The fourth-order valence-electron chi connectivity index (χ4n) is 2.63. The average Bonchev–Trinajstić information content (AvgIpc) is 2.85. The molecule has 5 atom stereocenters. The Morgan fingerprint density at radius 1 is 1.50 bits per heavy atom. The van der Waals surface area contributed by atoms with Crippen molar-refractivity contribution in [3.63, 3.8) is 0 Å². The molecule has 2 N–H and O–H groups in total. The summed E-state index contributed by atoms with van der Waals surface area (Å²) in [4.78, 5) is 15.1. The first kappa shape index (κ1) is 19.4. The second kappa shape index (κ2) is 7.01. The van der Waals surface area contributed by atoms with Crippen molar-refractivity contribution in [2.45, 2.75) is 50.5 Å². The number of nitrogens with zero attached hydrogens (tertiary/aromatic N) is 2. The van der Waals surface area contributed by atoms with Crippen molar-refractivity contribution in [1.82, 2.24) is 9.55 Å². The molecule has 0 amide bonds. The lowest BCUT2D eigenvalue weighted by molar-refractivity contribution is -0.204. The maximum Gasteiger partial charge on any atom is 0.351 e. The minimum atomic E-state index is -3.20. The van der Waals surface area contributed by atoms with Crippen molar-refractivity contribution in [3.8, 4) is 0 Å². The van der Waals surface area contributed by atoms with Gasteiger partial charge >= 0.3 is 14.3 Å². The van der Waals surface area contributed by atoms with E-state index in [0.29, 0.717) is 10.8 Å². The normalized spacial score (nSPS) is 34.5. The fourth-order valence-corrected chi connectivity index (χ4v) is 3.94. The van der Waals surface area contributed by atoms with E-state index >= 15 is 0 Å². The van der Waals surface area contributed by atoms with Crippen LogP contribution < -0.4 is 11.4 Å². The number of nitrogen functional groups attached to an aromatic ring is 1. The monoisotopic (exact) mass is 401 g/mol. The molecule has 26 heavy (non-hydrogen) atoms. The van der Waals surface area contributed by atoms with Crippen LogP contribution in [0.25, 0.3) is 0 Å². The highest BCUT2D eigenvalue weighted by Crippen LogP contribution is 2.56. The molecule has 2 saturated heterocycles. The van der Waals surface area contributed by atoms with E-state index in [4.69, 9.17) is 24.0 Å². The Bertz CT molecular complexity index is 738. The maximum absolute atomic E-state index is 14.9. The van der Waals surface area contributed by atoms with Crippen LogP contribution in [0.4, 0.5) is 23.4 Å². The van der Waals surface area contributed by atoms with Crippen LogP contribution in [0.3, 0.4) is 0 Å². The van der Waals surface area contributed by atoms with Gasteiger partial charge in [-0.1, -0.05) is 0 Å². The molecule has 0 aliphatic carbocycles. The number of rotatable bonds is 4. The van der Waals surface area contributed by atoms with Crippen molar-refractivity contribution in [2.75, 3.05) is 12.3 Å². The zero-order valence-corrected chi connectivity index (χ0v) is 14.5. The highest BCUT2D eigenvalue weighted by atomic mass is 31.2. The summed E-state index contributed by atoms with van der Waals surface area (Å²) in [6.45, 7) is 2.60. The smallest absolute Gasteiger partial charge is 0.351 e. The van der Waals surface area contributed by atoms with Gasteiger partial charge in [0.1, 0.15) is 6.10 Å². The average molecular weight is 401 g/mol. The van der Waals surface area contributed by atoms with Crippen LogP contribution in [0.2, 0.25) is 0 Å². The van der Waals surface area contributed by atoms with E-state index in [0.717, 1.165) is 0 Å². The van der Waals surface area contributed by atoms with Crippen molar-refractivity contribution in [2.24, 2.45) is 0 Å². The number of ether oxygens (including phenoxy) is 1. The van der Waals surface area contributed by atoms with E-state index in [1.165, 1.54) is 0 Å². The first-order valence-electron chi connectivity index (χ1n) is 7.56. The molecule has 0 saturated carbocycles. The van der Waals surface area contributed by atoms with Crippen molar-refractivity contribution >= 4 is 14.4 Å². The molecule has 146 valence electrons. The van der Waals surface area contributed by atoms with E-state index in [1.54, 1.807) is 13.8 Å². The lowest BCUT2D eigenvalue weighted by Gasteiger charge is -2.39. The number of hydrogen-bond donors (Lipinski definition) is 1. The summed E-state index contributed by atoms with van der Waals surface area (Å²) in [6.07, 6.45) is -8.90. The summed E-state index contributed by atoms with van der Waals surface area (Å²) in [5, 5.41) is 0. The lowest BCUT2D eigenvalue weighted by Crippen LogP contribution is -2.55. The topological polar surface area (TPSA) is 97.8 Å². The third-order valence-electron chi connectivity index (χ3n) is 3.85.